The summed E-state index contributed by atoms with van der Waals surface area (Å²) in [6, 6.07) is 3.54. The zero-order valence-corrected chi connectivity index (χ0v) is 10.7. The second kappa shape index (κ2) is 4.96. The first-order valence-electron chi connectivity index (χ1n) is 4.10. The minimum absolute atomic E-state index is 0.0827. The van der Waals surface area contributed by atoms with Gasteiger partial charge in [0.2, 0.25) is 0 Å². The maximum atomic E-state index is 9.49. The summed E-state index contributed by atoms with van der Waals surface area (Å²) in [6.45, 7) is 3.64. The summed E-state index contributed by atoms with van der Waals surface area (Å²) in [6.07, 6.45) is 2.49. The summed E-state index contributed by atoms with van der Waals surface area (Å²) in [5.41, 5.74) is 6.86. The van der Waals surface area contributed by atoms with Crippen LogP contribution in [0.2, 0.25) is 0 Å². The van der Waals surface area contributed by atoms with Crippen molar-refractivity contribution in [3.05, 3.63) is 39.3 Å². The second-order valence-electron chi connectivity index (χ2n) is 2.96. The molecule has 2 nitrogen and oxygen atoms in total. The molecule has 14 heavy (non-hydrogen) atoms. The van der Waals surface area contributed by atoms with Gasteiger partial charge in [0.15, 0.2) is 0 Å². The molecule has 0 aromatic heterocycles. The molecule has 1 atom stereocenters. The molecule has 0 bridgehead atoms. The zero-order chi connectivity index (χ0) is 10.7. The van der Waals surface area contributed by atoms with Crippen molar-refractivity contribution in [3.63, 3.8) is 0 Å². The van der Waals surface area contributed by atoms with Crippen LogP contribution in [0.15, 0.2) is 33.7 Å². The Labute approximate surface area is 100 Å². The number of phenolic OH excluding ortho intramolecular Hbond substituents is 1. The molecule has 0 heterocycles. The zero-order valence-electron chi connectivity index (χ0n) is 7.50. The summed E-state index contributed by atoms with van der Waals surface area (Å²) in [5.74, 6) is 0.194. The van der Waals surface area contributed by atoms with E-state index in [1.165, 1.54) is 0 Å². The van der Waals surface area contributed by atoms with Crippen LogP contribution >= 0.6 is 31.9 Å². The van der Waals surface area contributed by atoms with Gasteiger partial charge in [0.1, 0.15) is 5.75 Å². The van der Waals surface area contributed by atoms with E-state index in [1.807, 2.05) is 12.1 Å². The van der Waals surface area contributed by atoms with Crippen molar-refractivity contribution in [2.75, 3.05) is 0 Å². The highest BCUT2D eigenvalue weighted by molar-refractivity contribution is 9.11. The van der Waals surface area contributed by atoms with Crippen LogP contribution in [-0.2, 0) is 0 Å². The quantitative estimate of drug-likeness (QED) is 0.837. The number of rotatable bonds is 3. The number of hydrogen-bond acceptors (Lipinski definition) is 2. The van der Waals surface area contributed by atoms with E-state index in [9.17, 15) is 5.11 Å². The molecule has 0 aliphatic carbocycles. The number of benzene rings is 1. The Bertz CT molecular complexity index is 329. The minimum Gasteiger partial charge on any atom is -0.506 e. The third-order valence-corrected chi connectivity index (χ3v) is 3.10. The van der Waals surface area contributed by atoms with Crippen LogP contribution in [0.5, 0.6) is 5.75 Å². The van der Waals surface area contributed by atoms with Gasteiger partial charge in [-0.05, 0) is 56.0 Å². The molecule has 0 saturated heterocycles. The van der Waals surface area contributed by atoms with Crippen LogP contribution in [0.4, 0.5) is 0 Å². The molecular weight excluding hydrogens is 310 g/mol. The number of nitrogens with two attached hydrogens (primary N) is 1. The highest BCUT2D eigenvalue weighted by atomic mass is 79.9. The molecule has 1 aromatic carbocycles. The summed E-state index contributed by atoms with van der Waals surface area (Å²) in [5, 5.41) is 9.49. The van der Waals surface area contributed by atoms with Gasteiger partial charge in [0.25, 0.3) is 0 Å². The van der Waals surface area contributed by atoms with Crippen LogP contribution in [-0.4, -0.2) is 5.11 Å². The van der Waals surface area contributed by atoms with Crippen LogP contribution < -0.4 is 5.73 Å². The van der Waals surface area contributed by atoms with Crippen molar-refractivity contribution in [1.29, 1.82) is 0 Å². The molecule has 0 spiro atoms. The average Bonchev–Trinajstić information content (AvgIpc) is 2.13. The highest BCUT2D eigenvalue weighted by Crippen LogP contribution is 2.35. The van der Waals surface area contributed by atoms with Gasteiger partial charge in [-0.2, -0.15) is 0 Å². The van der Waals surface area contributed by atoms with Crippen molar-refractivity contribution in [2.24, 2.45) is 5.73 Å². The first kappa shape index (κ1) is 11.8. The molecule has 3 N–H and O–H groups in total. The number of hydrogen-bond donors (Lipinski definition) is 2. The summed E-state index contributed by atoms with van der Waals surface area (Å²) < 4.78 is 1.28. The van der Waals surface area contributed by atoms with Crippen LogP contribution in [0.1, 0.15) is 18.0 Å². The van der Waals surface area contributed by atoms with Gasteiger partial charge in [-0.25, -0.2) is 0 Å². The molecule has 0 aliphatic rings. The van der Waals surface area contributed by atoms with Crippen molar-refractivity contribution < 1.29 is 5.11 Å². The Balaban J connectivity index is 3.05. The van der Waals surface area contributed by atoms with Crippen molar-refractivity contribution in [3.8, 4) is 5.75 Å². The molecule has 0 radical (unpaired) electrons. The van der Waals surface area contributed by atoms with Gasteiger partial charge >= 0.3 is 0 Å². The first-order chi connectivity index (χ1) is 6.56. The van der Waals surface area contributed by atoms with Crippen LogP contribution in [0.3, 0.4) is 0 Å². The van der Waals surface area contributed by atoms with Crippen molar-refractivity contribution in [2.45, 2.75) is 12.5 Å². The molecule has 4 heteroatoms. The van der Waals surface area contributed by atoms with Gasteiger partial charge in [0.05, 0.1) is 8.95 Å². The Kier molecular flexibility index (Phi) is 4.16. The molecule has 1 aromatic rings. The lowest BCUT2D eigenvalue weighted by atomic mass is 10.0. The van der Waals surface area contributed by atoms with Crippen molar-refractivity contribution >= 4 is 31.9 Å². The lowest BCUT2D eigenvalue weighted by Gasteiger charge is -2.11. The fraction of sp³-hybridized carbons (Fsp3) is 0.200. The highest BCUT2D eigenvalue weighted by Gasteiger charge is 2.10. The second-order valence-corrected chi connectivity index (χ2v) is 4.67. The summed E-state index contributed by atoms with van der Waals surface area (Å²) in [4.78, 5) is 0. The standard InChI is InChI=1S/C10H11Br2NO/c1-2-3-9(13)6-4-7(11)10(14)8(12)5-6/h2,4-5,9,14H,1,3,13H2/t9-/m1/s1. The van der Waals surface area contributed by atoms with E-state index in [1.54, 1.807) is 6.08 Å². The third kappa shape index (κ3) is 2.59. The van der Waals surface area contributed by atoms with Gasteiger partial charge in [-0.15, -0.1) is 6.58 Å². The van der Waals surface area contributed by atoms with Gasteiger partial charge in [0, 0.05) is 6.04 Å². The predicted molar refractivity (Wildman–Crippen MR) is 65.2 cm³/mol. The van der Waals surface area contributed by atoms with E-state index in [4.69, 9.17) is 5.73 Å². The number of phenols is 1. The smallest absolute Gasteiger partial charge is 0.143 e. The molecule has 1 rings (SSSR count). The third-order valence-electron chi connectivity index (χ3n) is 1.89. The minimum atomic E-state index is -0.0827. The average molecular weight is 321 g/mol. The van der Waals surface area contributed by atoms with E-state index < -0.39 is 0 Å². The SMILES string of the molecule is C=CC[C@@H](N)c1cc(Br)c(O)c(Br)c1. The molecular formula is C10H11Br2NO. The van der Waals surface area contributed by atoms with E-state index in [2.05, 4.69) is 38.4 Å². The monoisotopic (exact) mass is 319 g/mol. The normalized spacial score (nSPS) is 12.5. The molecule has 0 saturated carbocycles. The number of halogens is 2. The van der Waals surface area contributed by atoms with Crippen molar-refractivity contribution in [1.82, 2.24) is 0 Å². The molecule has 0 unspecified atom stereocenters. The fourth-order valence-corrected chi connectivity index (χ4v) is 2.34. The van der Waals surface area contributed by atoms with Gasteiger partial charge in [-0.3, -0.25) is 0 Å². The van der Waals surface area contributed by atoms with E-state index in [0.717, 1.165) is 5.56 Å². The molecule has 0 fully saturated rings. The lowest BCUT2D eigenvalue weighted by molar-refractivity contribution is 0.468. The Morgan fingerprint density at radius 2 is 1.93 bits per heavy atom. The Morgan fingerprint density at radius 1 is 1.43 bits per heavy atom. The van der Waals surface area contributed by atoms with Crippen LogP contribution in [0.25, 0.3) is 0 Å². The number of aromatic hydroxyl groups is 1. The molecule has 76 valence electrons. The molecule has 0 amide bonds. The van der Waals surface area contributed by atoms with E-state index in [-0.39, 0.29) is 11.8 Å². The fourth-order valence-electron chi connectivity index (χ4n) is 1.11. The maximum absolute atomic E-state index is 9.49. The first-order valence-corrected chi connectivity index (χ1v) is 5.69. The van der Waals surface area contributed by atoms with E-state index >= 15 is 0 Å². The topological polar surface area (TPSA) is 46.2 Å². The van der Waals surface area contributed by atoms with Crippen LogP contribution in [0, 0.1) is 0 Å². The summed E-state index contributed by atoms with van der Waals surface area (Å²) >= 11 is 6.51. The van der Waals surface area contributed by atoms with Gasteiger partial charge in [-0.1, -0.05) is 6.08 Å². The molecule has 0 aliphatic heterocycles. The predicted octanol–water partition coefficient (Wildman–Crippen LogP) is 3.49. The Hall–Kier alpha value is -0.320. The lowest BCUT2D eigenvalue weighted by Crippen LogP contribution is -2.08. The van der Waals surface area contributed by atoms with E-state index in [0.29, 0.717) is 15.4 Å². The maximum Gasteiger partial charge on any atom is 0.143 e. The van der Waals surface area contributed by atoms with Gasteiger partial charge < -0.3 is 10.8 Å². The largest absolute Gasteiger partial charge is 0.506 e. The Morgan fingerprint density at radius 3 is 2.36 bits per heavy atom. The summed E-state index contributed by atoms with van der Waals surface area (Å²) in [7, 11) is 0.